The number of amidine groups is 1. The van der Waals surface area contributed by atoms with Gasteiger partial charge in [-0.15, -0.1) is 4.40 Å². The molecule has 1 N–H and O–H groups in total. The van der Waals surface area contributed by atoms with Crippen molar-refractivity contribution >= 4 is 32.5 Å². The molecular formula is C18H14N4O4S. The summed E-state index contributed by atoms with van der Waals surface area (Å²) in [6.07, 6.45) is 0. The van der Waals surface area contributed by atoms with E-state index in [2.05, 4.69) is 14.8 Å². The van der Waals surface area contributed by atoms with E-state index in [0.29, 0.717) is 22.9 Å². The molecule has 3 aromatic rings. The Morgan fingerprint density at radius 1 is 1.07 bits per heavy atom. The minimum absolute atomic E-state index is 0.0246. The van der Waals surface area contributed by atoms with Crippen LogP contribution in [-0.4, -0.2) is 29.9 Å². The summed E-state index contributed by atoms with van der Waals surface area (Å²) in [5.74, 6) is -0.699. The number of aryl methyl sites for hydroxylation is 1. The SMILES string of the molecule is CCn1nc(C(=O)NC2=NS(=O)(=O)c3ccccc32)c2ccccc2c1=O. The first-order valence-corrected chi connectivity index (χ1v) is 9.62. The van der Waals surface area contributed by atoms with Gasteiger partial charge in [0.2, 0.25) is 0 Å². The summed E-state index contributed by atoms with van der Waals surface area (Å²) in [6, 6.07) is 12.9. The molecule has 4 rings (SSSR count). The van der Waals surface area contributed by atoms with E-state index in [0.717, 1.165) is 0 Å². The van der Waals surface area contributed by atoms with Crippen LogP contribution in [0.4, 0.5) is 0 Å². The molecule has 0 saturated carbocycles. The van der Waals surface area contributed by atoms with Crippen molar-refractivity contribution in [1.82, 2.24) is 15.1 Å². The van der Waals surface area contributed by atoms with E-state index in [4.69, 9.17) is 0 Å². The van der Waals surface area contributed by atoms with Crippen LogP contribution in [0, 0.1) is 0 Å². The maximum atomic E-state index is 12.9. The predicted molar refractivity (Wildman–Crippen MR) is 99.3 cm³/mol. The molecule has 0 spiro atoms. The van der Waals surface area contributed by atoms with Crippen LogP contribution in [0.2, 0.25) is 0 Å². The summed E-state index contributed by atoms with van der Waals surface area (Å²) in [7, 11) is -3.85. The number of carbonyl (C=O) groups excluding carboxylic acids is 1. The van der Waals surface area contributed by atoms with Gasteiger partial charge in [-0.1, -0.05) is 30.3 Å². The van der Waals surface area contributed by atoms with Crippen molar-refractivity contribution in [2.24, 2.45) is 4.40 Å². The number of hydrogen-bond donors (Lipinski definition) is 1. The van der Waals surface area contributed by atoms with Crippen LogP contribution in [-0.2, 0) is 16.6 Å². The molecule has 2 heterocycles. The highest BCUT2D eigenvalue weighted by Gasteiger charge is 2.30. The van der Waals surface area contributed by atoms with Gasteiger partial charge in [0, 0.05) is 17.5 Å². The quantitative estimate of drug-likeness (QED) is 0.718. The van der Waals surface area contributed by atoms with E-state index in [-0.39, 0.29) is 22.0 Å². The number of benzene rings is 2. The number of nitrogens with one attached hydrogen (secondary N) is 1. The van der Waals surface area contributed by atoms with E-state index >= 15 is 0 Å². The van der Waals surface area contributed by atoms with Crippen LogP contribution in [0.3, 0.4) is 0 Å². The van der Waals surface area contributed by atoms with Crippen LogP contribution in [0.1, 0.15) is 23.0 Å². The molecule has 1 aliphatic rings. The highest BCUT2D eigenvalue weighted by atomic mass is 32.2. The minimum atomic E-state index is -3.85. The maximum absolute atomic E-state index is 12.9. The maximum Gasteiger partial charge on any atom is 0.285 e. The fourth-order valence-electron chi connectivity index (χ4n) is 2.98. The van der Waals surface area contributed by atoms with Gasteiger partial charge in [-0.3, -0.25) is 9.59 Å². The zero-order chi connectivity index (χ0) is 19.2. The van der Waals surface area contributed by atoms with Crippen molar-refractivity contribution in [2.45, 2.75) is 18.4 Å². The Bertz CT molecular complexity index is 1290. The van der Waals surface area contributed by atoms with E-state index in [1.54, 1.807) is 49.4 Å². The number of rotatable bonds is 2. The smallest absolute Gasteiger partial charge is 0.285 e. The third-order valence-electron chi connectivity index (χ3n) is 4.25. The molecule has 136 valence electrons. The van der Waals surface area contributed by atoms with E-state index < -0.39 is 15.9 Å². The molecule has 0 unspecified atom stereocenters. The van der Waals surface area contributed by atoms with Crippen molar-refractivity contribution in [3.63, 3.8) is 0 Å². The fourth-order valence-corrected chi connectivity index (χ4v) is 4.16. The number of sulfonamides is 1. The molecule has 0 radical (unpaired) electrons. The molecule has 9 heteroatoms. The van der Waals surface area contributed by atoms with Gasteiger partial charge in [0.1, 0.15) is 4.90 Å². The van der Waals surface area contributed by atoms with Gasteiger partial charge in [-0.2, -0.15) is 13.5 Å². The summed E-state index contributed by atoms with van der Waals surface area (Å²) in [5, 5.41) is 7.42. The molecule has 8 nitrogen and oxygen atoms in total. The lowest BCUT2D eigenvalue weighted by Gasteiger charge is -2.10. The van der Waals surface area contributed by atoms with E-state index in [1.807, 2.05) is 0 Å². The summed E-state index contributed by atoms with van der Waals surface area (Å²) in [6.45, 7) is 2.04. The molecule has 0 saturated heterocycles. The Morgan fingerprint density at radius 3 is 2.48 bits per heavy atom. The lowest BCUT2D eigenvalue weighted by molar-refractivity contribution is 0.0972. The average Bonchev–Trinajstić information content (AvgIpc) is 2.93. The number of amides is 1. The largest absolute Gasteiger partial charge is 0.304 e. The molecular weight excluding hydrogens is 368 g/mol. The number of carbonyl (C=O) groups is 1. The molecule has 0 fully saturated rings. The van der Waals surface area contributed by atoms with Crippen molar-refractivity contribution in [2.75, 3.05) is 0 Å². The lowest BCUT2D eigenvalue weighted by atomic mass is 10.1. The second kappa shape index (κ2) is 6.13. The van der Waals surface area contributed by atoms with Crippen molar-refractivity contribution in [1.29, 1.82) is 0 Å². The highest BCUT2D eigenvalue weighted by Crippen LogP contribution is 2.25. The highest BCUT2D eigenvalue weighted by molar-refractivity contribution is 7.90. The van der Waals surface area contributed by atoms with Crippen LogP contribution in [0.15, 0.2) is 62.6 Å². The first-order valence-electron chi connectivity index (χ1n) is 8.18. The Kier molecular flexibility index (Phi) is 3.88. The molecule has 0 aliphatic carbocycles. The topological polar surface area (TPSA) is 110 Å². The standard InChI is InChI=1S/C18H14N4O4S/c1-2-22-18(24)12-8-4-3-7-11(12)15(20-22)17(23)19-16-13-9-5-6-10-14(13)27(25,26)21-16/h3-10H,2H2,1H3,(H,19,21,23). The summed E-state index contributed by atoms with van der Waals surface area (Å²) < 4.78 is 29.1. The molecule has 1 aromatic heterocycles. The number of fused-ring (bicyclic) bond motifs is 2. The van der Waals surface area contributed by atoms with Gasteiger partial charge in [0.15, 0.2) is 11.5 Å². The van der Waals surface area contributed by atoms with Crippen molar-refractivity contribution in [3.05, 3.63) is 70.1 Å². The third kappa shape index (κ3) is 2.72. The first-order chi connectivity index (χ1) is 12.9. The average molecular weight is 382 g/mol. The second-order valence-corrected chi connectivity index (χ2v) is 7.45. The van der Waals surface area contributed by atoms with E-state index in [1.165, 1.54) is 10.7 Å². The second-order valence-electron chi connectivity index (χ2n) is 5.88. The van der Waals surface area contributed by atoms with Crippen LogP contribution in [0.5, 0.6) is 0 Å². The Labute approximate surface area is 154 Å². The zero-order valence-corrected chi connectivity index (χ0v) is 15.0. The Balaban J connectivity index is 1.82. The normalized spacial score (nSPS) is 14.6. The van der Waals surface area contributed by atoms with Crippen molar-refractivity contribution < 1.29 is 13.2 Å². The van der Waals surface area contributed by atoms with Gasteiger partial charge in [0.25, 0.3) is 21.5 Å². The van der Waals surface area contributed by atoms with Gasteiger partial charge in [-0.05, 0) is 25.1 Å². The number of aromatic nitrogens is 2. The predicted octanol–water partition coefficient (Wildman–Crippen LogP) is 1.30. The number of hydrogen-bond acceptors (Lipinski definition) is 5. The molecule has 0 bridgehead atoms. The summed E-state index contributed by atoms with van der Waals surface area (Å²) in [4.78, 5) is 25.3. The minimum Gasteiger partial charge on any atom is -0.304 e. The molecule has 0 atom stereocenters. The monoisotopic (exact) mass is 382 g/mol. The third-order valence-corrected chi connectivity index (χ3v) is 5.58. The van der Waals surface area contributed by atoms with Gasteiger partial charge in [-0.25, -0.2) is 4.68 Å². The van der Waals surface area contributed by atoms with Gasteiger partial charge < -0.3 is 5.32 Å². The van der Waals surface area contributed by atoms with E-state index in [9.17, 15) is 18.0 Å². The Hall–Kier alpha value is -3.33. The Morgan fingerprint density at radius 2 is 1.74 bits per heavy atom. The molecule has 1 aliphatic heterocycles. The molecule has 2 aromatic carbocycles. The summed E-state index contributed by atoms with van der Waals surface area (Å²) in [5.41, 5.74) is 0.0475. The lowest BCUT2D eigenvalue weighted by Crippen LogP contribution is -2.34. The fraction of sp³-hybridized carbons (Fsp3) is 0.111. The van der Waals surface area contributed by atoms with Crippen LogP contribution >= 0.6 is 0 Å². The molecule has 27 heavy (non-hydrogen) atoms. The van der Waals surface area contributed by atoms with Gasteiger partial charge in [0.05, 0.1) is 5.39 Å². The first kappa shape index (κ1) is 17.1. The zero-order valence-electron chi connectivity index (χ0n) is 14.2. The number of nitrogens with zero attached hydrogens (tertiary/aromatic N) is 3. The van der Waals surface area contributed by atoms with Crippen molar-refractivity contribution in [3.8, 4) is 0 Å². The van der Waals surface area contributed by atoms with Gasteiger partial charge >= 0.3 is 0 Å². The molecule has 1 amide bonds. The summed E-state index contributed by atoms with van der Waals surface area (Å²) >= 11 is 0. The van der Waals surface area contributed by atoms with Crippen LogP contribution < -0.4 is 10.9 Å². The van der Waals surface area contributed by atoms with Crippen LogP contribution in [0.25, 0.3) is 10.8 Å².